The molecule has 2 rings (SSSR count). The van der Waals surface area contributed by atoms with Gasteiger partial charge in [0.15, 0.2) is 9.84 Å². The minimum absolute atomic E-state index is 0.105. The Morgan fingerprint density at radius 2 is 1.22 bits per heavy atom. The molecule has 0 spiro atoms. The van der Waals surface area contributed by atoms with Crippen LogP contribution in [0.4, 0.5) is 0 Å². The van der Waals surface area contributed by atoms with Gasteiger partial charge in [-0.2, -0.15) is 0 Å². The first-order chi connectivity index (χ1) is 12.6. The summed E-state index contributed by atoms with van der Waals surface area (Å²) in [5.74, 6) is -0.210. The van der Waals surface area contributed by atoms with Gasteiger partial charge in [0, 0.05) is 22.7 Å². The molecule has 0 bridgehead atoms. The molecule has 0 amide bonds. The molecule has 2 aliphatic carbocycles. The number of allylic oxidation sites excluding steroid dienone is 12. The van der Waals surface area contributed by atoms with Gasteiger partial charge in [0.25, 0.3) is 0 Å². The molecule has 0 aromatic heterocycles. The molecule has 0 saturated heterocycles. The predicted octanol–water partition coefficient (Wildman–Crippen LogP) is 6.53. The smallest absolute Gasteiger partial charge is 0.199 e. The number of sulfone groups is 1. The van der Waals surface area contributed by atoms with Gasteiger partial charge in [-0.05, 0) is 25.0 Å². The topological polar surface area (TPSA) is 34.1 Å². The highest BCUT2D eigenvalue weighted by Gasteiger charge is 2.42. The van der Waals surface area contributed by atoms with E-state index in [9.17, 15) is 8.42 Å². The molecular formula is C24H34O2S. The molecule has 27 heavy (non-hydrogen) atoms. The largest absolute Gasteiger partial charge is 0.219 e. The van der Waals surface area contributed by atoms with Crippen molar-refractivity contribution in [3.63, 3.8) is 0 Å². The zero-order valence-electron chi connectivity index (χ0n) is 17.6. The molecule has 3 heteroatoms. The van der Waals surface area contributed by atoms with Crippen LogP contribution in [0.25, 0.3) is 0 Å². The molecule has 0 radical (unpaired) electrons. The summed E-state index contributed by atoms with van der Waals surface area (Å²) in [5.41, 5.74) is -0.570. The quantitative estimate of drug-likeness (QED) is 0.487. The Morgan fingerprint density at radius 1 is 0.852 bits per heavy atom. The van der Waals surface area contributed by atoms with Gasteiger partial charge in [-0.15, -0.1) is 0 Å². The van der Waals surface area contributed by atoms with Crippen LogP contribution in [-0.2, 0) is 9.84 Å². The van der Waals surface area contributed by atoms with Crippen LogP contribution in [0.3, 0.4) is 0 Å². The number of hydrogen-bond donors (Lipinski definition) is 0. The van der Waals surface area contributed by atoms with E-state index < -0.39 is 9.84 Å². The van der Waals surface area contributed by atoms with Crippen LogP contribution in [0.15, 0.2) is 70.6 Å². The predicted molar refractivity (Wildman–Crippen MR) is 117 cm³/mol. The van der Waals surface area contributed by atoms with Gasteiger partial charge in [0.05, 0.1) is 9.81 Å². The van der Waals surface area contributed by atoms with Crippen molar-refractivity contribution in [1.29, 1.82) is 0 Å². The van der Waals surface area contributed by atoms with Crippen molar-refractivity contribution in [2.24, 2.45) is 22.7 Å². The molecule has 0 aromatic rings. The molecule has 0 heterocycles. The van der Waals surface area contributed by atoms with E-state index in [1.807, 2.05) is 26.0 Å². The van der Waals surface area contributed by atoms with Crippen molar-refractivity contribution >= 4 is 9.84 Å². The van der Waals surface area contributed by atoms with E-state index >= 15 is 0 Å². The van der Waals surface area contributed by atoms with E-state index in [1.165, 1.54) is 0 Å². The lowest BCUT2D eigenvalue weighted by Crippen LogP contribution is -2.33. The molecule has 0 aliphatic heterocycles. The van der Waals surface area contributed by atoms with Crippen LogP contribution in [0.1, 0.15) is 54.4 Å². The monoisotopic (exact) mass is 386 g/mol. The van der Waals surface area contributed by atoms with E-state index in [0.717, 1.165) is 12.8 Å². The van der Waals surface area contributed by atoms with Gasteiger partial charge in [-0.1, -0.05) is 90.2 Å². The summed E-state index contributed by atoms with van der Waals surface area (Å²) in [7, 11) is -3.52. The van der Waals surface area contributed by atoms with Crippen LogP contribution in [0.2, 0.25) is 0 Å². The minimum Gasteiger partial charge on any atom is -0.219 e. The average molecular weight is 387 g/mol. The highest BCUT2D eigenvalue weighted by molar-refractivity contribution is 7.99. The summed E-state index contributed by atoms with van der Waals surface area (Å²) in [6, 6.07) is 0. The van der Waals surface area contributed by atoms with Gasteiger partial charge < -0.3 is 0 Å². The Balaban J connectivity index is 2.44. The molecule has 2 aliphatic rings. The summed E-state index contributed by atoms with van der Waals surface area (Å²) in [6.45, 7) is 12.4. The zero-order chi connectivity index (χ0) is 20.3. The van der Waals surface area contributed by atoms with E-state index in [0.29, 0.717) is 9.81 Å². The third kappa shape index (κ3) is 4.13. The van der Waals surface area contributed by atoms with Gasteiger partial charge in [-0.3, -0.25) is 0 Å². The number of hydrogen-bond acceptors (Lipinski definition) is 2. The summed E-state index contributed by atoms with van der Waals surface area (Å²) < 4.78 is 27.3. The highest BCUT2D eigenvalue weighted by atomic mass is 32.2. The van der Waals surface area contributed by atoms with Crippen molar-refractivity contribution in [2.75, 3.05) is 0 Å². The summed E-state index contributed by atoms with van der Waals surface area (Å²) in [4.78, 5) is 1.03. The van der Waals surface area contributed by atoms with Crippen LogP contribution >= 0.6 is 0 Å². The molecular weight excluding hydrogens is 352 g/mol. The second-order valence-electron chi connectivity index (χ2n) is 8.16. The molecule has 148 valence electrons. The lowest BCUT2D eigenvalue weighted by atomic mass is 9.74. The molecule has 0 N–H and O–H groups in total. The maximum atomic E-state index is 13.6. The third-order valence-electron chi connectivity index (χ3n) is 6.20. The molecule has 0 fully saturated rings. The van der Waals surface area contributed by atoms with Gasteiger partial charge in [0.2, 0.25) is 0 Å². The highest BCUT2D eigenvalue weighted by Crippen LogP contribution is 2.47. The third-order valence-corrected chi connectivity index (χ3v) is 8.42. The molecule has 0 aromatic carbocycles. The van der Waals surface area contributed by atoms with Crippen LogP contribution < -0.4 is 0 Å². The first-order valence-corrected chi connectivity index (χ1v) is 11.5. The fraction of sp³-hybridized carbons (Fsp3) is 0.500. The van der Waals surface area contributed by atoms with Gasteiger partial charge in [0.1, 0.15) is 0 Å². The van der Waals surface area contributed by atoms with Crippen molar-refractivity contribution in [1.82, 2.24) is 0 Å². The van der Waals surface area contributed by atoms with Crippen molar-refractivity contribution in [3.05, 3.63) is 70.6 Å². The second kappa shape index (κ2) is 8.18. The average Bonchev–Trinajstić information content (AvgIpc) is 2.63. The Kier molecular flexibility index (Phi) is 6.57. The maximum absolute atomic E-state index is 13.6. The SMILES string of the molecule is CCC=CC1(C)C=CC=C(S(=O)(=O)C2=CC=CC(C)(C=CCC)C2C)C1C. The van der Waals surface area contributed by atoms with Gasteiger partial charge in [-0.25, -0.2) is 8.42 Å². The summed E-state index contributed by atoms with van der Waals surface area (Å²) in [6.07, 6.45) is 22.0. The lowest BCUT2D eigenvalue weighted by molar-refractivity contribution is 0.398. The first kappa shape index (κ1) is 21.7. The van der Waals surface area contributed by atoms with Crippen LogP contribution in [0.5, 0.6) is 0 Å². The second-order valence-corrected chi connectivity index (χ2v) is 10.1. The van der Waals surface area contributed by atoms with E-state index in [1.54, 1.807) is 12.2 Å². The van der Waals surface area contributed by atoms with Crippen molar-refractivity contribution in [3.8, 4) is 0 Å². The Morgan fingerprint density at radius 3 is 1.56 bits per heavy atom. The van der Waals surface area contributed by atoms with Crippen LogP contribution in [0, 0.1) is 22.7 Å². The van der Waals surface area contributed by atoms with Crippen LogP contribution in [-0.4, -0.2) is 8.42 Å². The summed E-state index contributed by atoms with van der Waals surface area (Å²) >= 11 is 0. The fourth-order valence-electron chi connectivity index (χ4n) is 3.82. The van der Waals surface area contributed by atoms with E-state index in [4.69, 9.17) is 0 Å². The minimum atomic E-state index is -3.52. The van der Waals surface area contributed by atoms with Crippen molar-refractivity contribution < 1.29 is 8.42 Å². The van der Waals surface area contributed by atoms with E-state index in [-0.39, 0.29) is 22.7 Å². The lowest BCUT2D eigenvalue weighted by Gasteiger charge is -2.38. The Hall–Kier alpha value is -1.61. The Labute approximate surface area is 166 Å². The molecule has 2 nitrogen and oxygen atoms in total. The van der Waals surface area contributed by atoms with Crippen molar-refractivity contribution in [2.45, 2.75) is 54.4 Å². The molecule has 4 unspecified atom stereocenters. The fourth-order valence-corrected chi connectivity index (χ4v) is 6.04. The number of rotatable bonds is 6. The first-order valence-electron chi connectivity index (χ1n) is 10.0. The maximum Gasteiger partial charge on any atom is 0.199 e. The van der Waals surface area contributed by atoms with E-state index in [2.05, 4.69) is 64.2 Å². The molecule has 0 saturated carbocycles. The Bertz CT molecular complexity index is 772. The summed E-state index contributed by atoms with van der Waals surface area (Å²) in [5, 5.41) is 0. The normalized spacial score (nSPS) is 34.3. The molecule has 4 atom stereocenters. The standard InChI is InChI=1S/C24H34O2S/c1-7-9-15-23(5)17-11-13-21(19(23)3)27(25,26)22-14-12-18-24(6,20(22)4)16-10-8-2/h9-20H,7-8H2,1-6H3. The zero-order valence-corrected chi connectivity index (χ0v) is 18.4. The van der Waals surface area contributed by atoms with Gasteiger partial charge >= 0.3 is 0 Å².